The molecule has 3 rings (SSSR count). The molecule has 140 valence electrons. The molecule has 0 saturated carbocycles. The van der Waals surface area contributed by atoms with Gasteiger partial charge < -0.3 is 24.0 Å². The first-order valence-corrected chi connectivity index (χ1v) is 9.23. The molecule has 2 aromatic rings. The number of quaternary nitrogens is 2. The van der Waals surface area contributed by atoms with Crippen molar-refractivity contribution in [2.24, 2.45) is 0 Å². The Bertz CT molecular complexity index is 712. The van der Waals surface area contributed by atoms with Gasteiger partial charge in [0.2, 0.25) is 0 Å². The number of nitrogens with one attached hydrogen (secondary N) is 2. The van der Waals surface area contributed by atoms with Crippen LogP contribution in [0.15, 0.2) is 42.5 Å². The van der Waals surface area contributed by atoms with Gasteiger partial charge in [-0.05, 0) is 30.3 Å². The van der Waals surface area contributed by atoms with Gasteiger partial charge in [0.05, 0.1) is 26.9 Å². The number of hydrogen-bond acceptors (Lipinski definition) is 3. The van der Waals surface area contributed by atoms with Crippen molar-refractivity contribution in [1.82, 2.24) is 0 Å². The summed E-state index contributed by atoms with van der Waals surface area (Å²) in [6, 6.07) is 14.4. The van der Waals surface area contributed by atoms with Crippen LogP contribution < -0.4 is 24.0 Å². The second kappa shape index (κ2) is 8.92. The highest BCUT2D eigenvalue weighted by Crippen LogP contribution is 2.23. The molecule has 1 aliphatic rings. The van der Waals surface area contributed by atoms with Crippen molar-refractivity contribution in [3.05, 3.63) is 53.6 Å². The molecule has 1 aliphatic heterocycles. The molecule has 0 amide bonds. The van der Waals surface area contributed by atoms with Crippen molar-refractivity contribution in [1.29, 1.82) is 0 Å². The predicted octanol–water partition coefficient (Wildman–Crippen LogP) is 0.196. The molecule has 0 aliphatic carbocycles. The zero-order chi connectivity index (χ0) is 18.4. The van der Waals surface area contributed by atoms with Crippen LogP contribution in [0.1, 0.15) is 11.1 Å². The van der Waals surface area contributed by atoms with Crippen LogP contribution in [0.5, 0.6) is 17.2 Å². The molecular formula is C21H30N2O3+2. The molecule has 0 aromatic heterocycles. The monoisotopic (exact) mass is 358 g/mol. The molecule has 2 aromatic carbocycles. The number of hydrogen-bond donors (Lipinski definition) is 2. The maximum atomic E-state index is 5.52. The molecule has 1 saturated heterocycles. The molecule has 0 spiro atoms. The molecule has 1 heterocycles. The van der Waals surface area contributed by atoms with E-state index in [4.69, 9.17) is 14.2 Å². The van der Waals surface area contributed by atoms with Gasteiger partial charge in [-0.2, -0.15) is 0 Å². The van der Waals surface area contributed by atoms with Gasteiger partial charge in [0.25, 0.3) is 0 Å². The van der Waals surface area contributed by atoms with Crippen LogP contribution in [0.3, 0.4) is 0 Å². The van der Waals surface area contributed by atoms with Crippen LogP contribution in [-0.2, 0) is 13.1 Å². The number of benzene rings is 2. The van der Waals surface area contributed by atoms with E-state index in [-0.39, 0.29) is 0 Å². The van der Waals surface area contributed by atoms with Gasteiger partial charge >= 0.3 is 0 Å². The highest BCUT2D eigenvalue weighted by molar-refractivity contribution is 5.39. The van der Waals surface area contributed by atoms with E-state index in [0.717, 1.165) is 43.4 Å². The smallest absolute Gasteiger partial charge is 0.127 e. The minimum absolute atomic E-state index is 0.889. The standard InChI is InChI=1S/C21H28N2O3/c1-24-19-8-9-21(26-3)18(14-19)16-23-12-10-22(11-13-23)15-17-6-4-5-7-20(17)25-2/h4-9,14H,10-13,15-16H2,1-3H3/p+2. The zero-order valence-corrected chi connectivity index (χ0v) is 16.0. The van der Waals surface area contributed by atoms with E-state index in [2.05, 4.69) is 18.2 Å². The number of methoxy groups -OCH3 is 3. The molecule has 5 nitrogen and oxygen atoms in total. The first-order chi connectivity index (χ1) is 12.7. The number of piperazine rings is 1. The molecule has 1 fully saturated rings. The first kappa shape index (κ1) is 18.5. The van der Waals surface area contributed by atoms with Crippen molar-refractivity contribution in [3.8, 4) is 17.2 Å². The summed E-state index contributed by atoms with van der Waals surface area (Å²) in [7, 11) is 5.19. The average molecular weight is 358 g/mol. The fourth-order valence-corrected chi connectivity index (χ4v) is 3.72. The minimum Gasteiger partial charge on any atom is -0.497 e. The Balaban J connectivity index is 1.57. The lowest BCUT2D eigenvalue weighted by Gasteiger charge is -2.30. The Hall–Kier alpha value is -2.24. The predicted molar refractivity (Wildman–Crippen MR) is 101 cm³/mol. The number of ether oxygens (including phenoxy) is 3. The topological polar surface area (TPSA) is 36.6 Å². The molecule has 0 bridgehead atoms. The zero-order valence-electron chi connectivity index (χ0n) is 16.0. The summed E-state index contributed by atoms with van der Waals surface area (Å²) in [6.45, 7) is 6.65. The van der Waals surface area contributed by atoms with E-state index in [9.17, 15) is 0 Å². The SMILES string of the molecule is COc1ccc(OC)c(C[NH+]2CC[NH+](Cc3ccccc3OC)CC2)c1. The fraction of sp³-hybridized carbons (Fsp3) is 0.429. The highest BCUT2D eigenvalue weighted by Gasteiger charge is 2.25. The summed E-state index contributed by atoms with van der Waals surface area (Å²) >= 11 is 0. The Morgan fingerprint density at radius 3 is 1.88 bits per heavy atom. The third-order valence-corrected chi connectivity index (χ3v) is 5.23. The van der Waals surface area contributed by atoms with E-state index >= 15 is 0 Å². The van der Waals surface area contributed by atoms with Gasteiger partial charge in [0.1, 0.15) is 56.5 Å². The third kappa shape index (κ3) is 4.48. The number of para-hydroxylation sites is 1. The van der Waals surface area contributed by atoms with E-state index in [1.54, 1.807) is 31.1 Å². The van der Waals surface area contributed by atoms with Gasteiger partial charge in [0.15, 0.2) is 0 Å². The van der Waals surface area contributed by atoms with Crippen LogP contribution in [0.25, 0.3) is 0 Å². The van der Waals surface area contributed by atoms with Crippen LogP contribution in [0.4, 0.5) is 0 Å². The molecule has 0 radical (unpaired) electrons. The van der Waals surface area contributed by atoms with E-state index in [0.29, 0.717) is 0 Å². The maximum Gasteiger partial charge on any atom is 0.127 e. The first-order valence-electron chi connectivity index (χ1n) is 9.23. The lowest BCUT2D eigenvalue weighted by atomic mass is 10.1. The third-order valence-electron chi connectivity index (χ3n) is 5.23. The molecule has 2 N–H and O–H groups in total. The summed E-state index contributed by atoms with van der Waals surface area (Å²) in [5, 5.41) is 0. The Labute approximate surface area is 156 Å². The normalized spacial score (nSPS) is 19.8. The molecule has 0 unspecified atom stereocenters. The molecular weight excluding hydrogens is 328 g/mol. The fourth-order valence-electron chi connectivity index (χ4n) is 3.72. The van der Waals surface area contributed by atoms with E-state index < -0.39 is 0 Å². The van der Waals surface area contributed by atoms with Crippen molar-refractivity contribution in [2.75, 3.05) is 47.5 Å². The van der Waals surface area contributed by atoms with E-state index in [1.807, 2.05) is 24.3 Å². The molecule has 0 atom stereocenters. The second-order valence-corrected chi connectivity index (χ2v) is 6.84. The van der Waals surface area contributed by atoms with Gasteiger partial charge in [-0.15, -0.1) is 0 Å². The van der Waals surface area contributed by atoms with E-state index in [1.165, 1.54) is 24.2 Å². The Morgan fingerprint density at radius 1 is 0.692 bits per heavy atom. The Morgan fingerprint density at radius 2 is 1.27 bits per heavy atom. The van der Waals surface area contributed by atoms with Crippen molar-refractivity contribution in [3.63, 3.8) is 0 Å². The van der Waals surface area contributed by atoms with Crippen LogP contribution in [-0.4, -0.2) is 47.5 Å². The highest BCUT2D eigenvalue weighted by atomic mass is 16.5. The quantitative estimate of drug-likeness (QED) is 0.742. The maximum absolute atomic E-state index is 5.52. The Kier molecular flexibility index (Phi) is 6.36. The molecule has 5 heteroatoms. The lowest BCUT2D eigenvalue weighted by Crippen LogP contribution is -3.27. The second-order valence-electron chi connectivity index (χ2n) is 6.84. The van der Waals surface area contributed by atoms with Crippen LogP contribution in [0.2, 0.25) is 0 Å². The van der Waals surface area contributed by atoms with Crippen LogP contribution >= 0.6 is 0 Å². The van der Waals surface area contributed by atoms with Gasteiger partial charge in [0, 0.05) is 5.56 Å². The summed E-state index contributed by atoms with van der Waals surface area (Å²) in [6.07, 6.45) is 0. The van der Waals surface area contributed by atoms with Crippen molar-refractivity contribution < 1.29 is 24.0 Å². The van der Waals surface area contributed by atoms with Gasteiger partial charge in [-0.25, -0.2) is 0 Å². The minimum atomic E-state index is 0.889. The van der Waals surface area contributed by atoms with Gasteiger partial charge in [-0.1, -0.05) is 12.1 Å². The van der Waals surface area contributed by atoms with Crippen molar-refractivity contribution in [2.45, 2.75) is 13.1 Å². The summed E-state index contributed by atoms with van der Waals surface area (Å²) in [5.74, 6) is 2.83. The average Bonchev–Trinajstić information content (AvgIpc) is 2.69. The lowest BCUT2D eigenvalue weighted by molar-refractivity contribution is -1.02. The summed E-state index contributed by atoms with van der Waals surface area (Å²) in [4.78, 5) is 3.22. The number of rotatable bonds is 7. The summed E-state index contributed by atoms with van der Waals surface area (Å²) < 4.78 is 16.4. The largest absolute Gasteiger partial charge is 0.497 e. The summed E-state index contributed by atoms with van der Waals surface area (Å²) in [5.41, 5.74) is 2.51. The van der Waals surface area contributed by atoms with Crippen molar-refractivity contribution >= 4 is 0 Å². The van der Waals surface area contributed by atoms with Crippen LogP contribution in [0, 0.1) is 0 Å². The van der Waals surface area contributed by atoms with Gasteiger partial charge in [-0.3, -0.25) is 0 Å². The molecule has 26 heavy (non-hydrogen) atoms.